The Morgan fingerprint density at radius 3 is 2.73 bits per heavy atom. The molecule has 15 heavy (non-hydrogen) atoms. The lowest BCUT2D eigenvalue weighted by Gasteiger charge is -2.22. The fraction of sp³-hybridized carbons (Fsp3) is 0.462. The van der Waals surface area contributed by atoms with Crippen molar-refractivity contribution in [2.24, 2.45) is 11.1 Å². The summed E-state index contributed by atoms with van der Waals surface area (Å²) in [5, 5.41) is 12.4. The third-order valence-corrected chi connectivity index (χ3v) is 3.16. The monoisotopic (exact) mass is 203 g/mol. The molecule has 0 radical (unpaired) electrons. The van der Waals surface area contributed by atoms with Gasteiger partial charge in [0.2, 0.25) is 0 Å². The summed E-state index contributed by atoms with van der Waals surface area (Å²) in [5.41, 5.74) is 2.33. The molecule has 1 N–H and O–H groups in total. The van der Waals surface area contributed by atoms with Crippen LogP contribution in [-0.4, -0.2) is 10.9 Å². The third kappa shape index (κ3) is 2.58. The van der Waals surface area contributed by atoms with Gasteiger partial charge in [0.15, 0.2) is 0 Å². The van der Waals surface area contributed by atoms with Crippen molar-refractivity contribution < 1.29 is 5.21 Å². The molecule has 1 aliphatic rings. The molecule has 0 heterocycles. The quantitative estimate of drug-likeness (QED) is 0.580. The van der Waals surface area contributed by atoms with Gasteiger partial charge in [0.25, 0.3) is 0 Å². The first kappa shape index (κ1) is 10.2. The largest absolute Gasteiger partial charge is 0.411 e. The van der Waals surface area contributed by atoms with Crippen molar-refractivity contribution in [2.75, 3.05) is 0 Å². The Kier molecular flexibility index (Phi) is 3.38. The summed E-state index contributed by atoms with van der Waals surface area (Å²) >= 11 is 0. The molecule has 2 heteroatoms. The molecule has 80 valence electrons. The summed E-state index contributed by atoms with van der Waals surface area (Å²) in [5.74, 6) is 0.450. The van der Waals surface area contributed by atoms with Gasteiger partial charge in [0.05, 0.1) is 5.71 Å². The van der Waals surface area contributed by atoms with Crippen LogP contribution in [0.4, 0.5) is 0 Å². The number of hydrogen-bond donors (Lipinski definition) is 1. The Morgan fingerprint density at radius 1 is 1.20 bits per heavy atom. The van der Waals surface area contributed by atoms with Crippen LogP contribution in [0, 0.1) is 5.92 Å². The van der Waals surface area contributed by atoms with Gasteiger partial charge in [-0.1, -0.05) is 41.9 Å². The maximum Gasteiger partial charge on any atom is 0.0604 e. The van der Waals surface area contributed by atoms with Gasteiger partial charge in [-0.05, 0) is 31.2 Å². The van der Waals surface area contributed by atoms with Crippen LogP contribution in [0.5, 0.6) is 0 Å². The van der Waals surface area contributed by atoms with Gasteiger partial charge in [0, 0.05) is 5.92 Å². The van der Waals surface area contributed by atoms with Crippen LogP contribution in [-0.2, 0) is 6.42 Å². The van der Waals surface area contributed by atoms with Gasteiger partial charge in [-0.2, -0.15) is 0 Å². The fourth-order valence-electron chi connectivity index (χ4n) is 2.32. The number of oxime groups is 1. The summed E-state index contributed by atoms with van der Waals surface area (Å²) in [6.45, 7) is 0. The number of hydrogen-bond acceptors (Lipinski definition) is 2. The number of benzene rings is 1. The van der Waals surface area contributed by atoms with Crippen molar-refractivity contribution in [1.29, 1.82) is 0 Å². The Hall–Kier alpha value is -1.31. The molecule has 0 saturated heterocycles. The molecule has 2 nitrogen and oxygen atoms in total. The second-order valence-corrected chi connectivity index (χ2v) is 4.22. The minimum absolute atomic E-state index is 0.450. The van der Waals surface area contributed by atoms with Crippen LogP contribution in [0.15, 0.2) is 35.5 Å². The summed E-state index contributed by atoms with van der Waals surface area (Å²) in [4.78, 5) is 0. The third-order valence-electron chi connectivity index (χ3n) is 3.16. The fourth-order valence-corrected chi connectivity index (χ4v) is 2.32. The van der Waals surface area contributed by atoms with Crippen molar-refractivity contribution >= 4 is 5.71 Å². The van der Waals surface area contributed by atoms with E-state index < -0.39 is 0 Å². The maximum atomic E-state index is 8.93. The average molecular weight is 203 g/mol. The van der Waals surface area contributed by atoms with Gasteiger partial charge in [-0.15, -0.1) is 0 Å². The van der Waals surface area contributed by atoms with E-state index in [1.165, 1.54) is 18.4 Å². The van der Waals surface area contributed by atoms with Crippen molar-refractivity contribution in [3.05, 3.63) is 35.9 Å². The SMILES string of the molecule is ON=C1CCCCC1Cc1ccccc1. The molecular formula is C13H17NO. The maximum absolute atomic E-state index is 8.93. The molecule has 1 atom stereocenters. The first-order chi connectivity index (χ1) is 7.40. The Bertz CT molecular complexity index is 332. The molecule has 0 amide bonds. The normalized spacial score (nSPS) is 24.3. The molecule has 0 bridgehead atoms. The standard InChI is InChI=1S/C13H17NO/c15-14-13-9-5-4-8-12(13)10-11-6-2-1-3-7-11/h1-3,6-7,12,15H,4-5,8-10H2. The van der Waals surface area contributed by atoms with Crippen molar-refractivity contribution in [3.63, 3.8) is 0 Å². The van der Waals surface area contributed by atoms with Gasteiger partial charge in [-0.25, -0.2) is 0 Å². The molecule has 1 unspecified atom stereocenters. The lowest BCUT2D eigenvalue weighted by molar-refractivity contribution is 0.308. The first-order valence-corrected chi connectivity index (χ1v) is 5.65. The van der Waals surface area contributed by atoms with Crippen LogP contribution < -0.4 is 0 Å². The predicted molar refractivity (Wildman–Crippen MR) is 61.3 cm³/mol. The number of rotatable bonds is 2. The van der Waals surface area contributed by atoms with E-state index >= 15 is 0 Å². The minimum Gasteiger partial charge on any atom is -0.411 e. The van der Waals surface area contributed by atoms with E-state index in [1.807, 2.05) is 6.07 Å². The van der Waals surface area contributed by atoms with Crippen LogP contribution >= 0.6 is 0 Å². The molecule has 2 rings (SSSR count). The van der Waals surface area contributed by atoms with Crippen molar-refractivity contribution in [3.8, 4) is 0 Å². The Labute approximate surface area is 90.6 Å². The Morgan fingerprint density at radius 2 is 2.00 bits per heavy atom. The van der Waals surface area contributed by atoms with Gasteiger partial charge >= 0.3 is 0 Å². The van der Waals surface area contributed by atoms with Crippen molar-refractivity contribution in [1.82, 2.24) is 0 Å². The Balaban J connectivity index is 2.04. The van der Waals surface area contributed by atoms with Gasteiger partial charge in [0.1, 0.15) is 0 Å². The first-order valence-electron chi connectivity index (χ1n) is 5.65. The van der Waals surface area contributed by atoms with E-state index in [0.29, 0.717) is 5.92 Å². The summed E-state index contributed by atoms with van der Waals surface area (Å²) in [6, 6.07) is 10.4. The molecule has 1 fully saturated rings. The predicted octanol–water partition coefficient (Wildman–Crippen LogP) is 3.25. The summed E-state index contributed by atoms with van der Waals surface area (Å²) < 4.78 is 0. The smallest absolute Gasteiger partial charge is 0.0604 e. The molecule has 1 aliphatic carbocycles. The van der Waals surface area contributed by atoms with E-state index in [4.69, 9.17) is 5.21 Å². The zero-order valence-corrected chi connectivity index (χ0v) is 8.89. The summed E-state index contributed by atoms with van der Waals surface area (Å²) in [7, 11) is 0. The zero-order chi connectivity index (χ0) is 10.5. The second-order valence-electron chi connectivity index (χ2n) is 4.22. The van der Waals surface area contributed by atoms with Gasteiger partial charge < -0.3 is 5.21 Å². The topological polar surface area (TPSA) is 32.6 Å². The highest BCUT2D eigenvalue weighted by molar-refractivity contribution is 5.87. The van der Waals surface area contributed by atoms with E-state index in [-0.39, 0.29) is 0 Å². The highest BCUT2D eigenvalue weighted by Gasteiger charge is 2.20. The van der Waals surface area contributed by atoms with Crippen LogP contribution in [0.2, 0.25) is 0 Å². The van der Waals surface area contributed by atoms with E-state index in [0.717, 1.165) is 25.0 Å². The van der Waals surface area contributed by atoms with Gasteiger partial charge in [-0.3, -0.25) is 0 Å². The summed E-state index contributed by atoms with van der Waals surface area (Å²) in [6.07, 6.45) is 5.57. The highest BCUT2D eigenvalue weighted by atomic mass is 16.4. The number of nitrogens with zero attached hydrogens (tertiary/aromatic N) is 1. The minimum atomic E-state index is 0.450. The molecule has 1 saturated carbocycles. The molecule has 0 aliphatic heterocycles. The molecule has 1 aromatic carbocycles. The molecular weight excluding hydrogens is 186 g/mol. The van der Waals surface area contributed by atoms with Crippen molar-refractivity contribution in [2.45, 2.75) is 32.1 Å². The van der Waals surface area contributed by atoms with Crippen LogP contribution in [0.3, 0.4) is 0 Å². The molecule has 0 spiro atoms. The second kappa shape index (κ2) is 4.96. The highest BCUT2D eigenvalue weighted by Crippen LogP contribution is 2.24. The average Bonchev–Trinajstić information content (AvgIpc) is 2.31. The zero-order valence-electron chi connectivity index (χ0n) is 8.89. The molecule has 1 aromatic rings. The lowest BCUT2D eigenvalue weighted by Crippen LogP contribution is -2.21. The molecule has 0 aromatic heterocycles. The van der Waals surface area contributed by atoms with E-state index in [9.17, 15) is 0 Å². The van der Waals surface area contributed by atoms with E-state index in [2.05, 4.69) is 29.4 Å². The lowest BCUT2D eigenvalue weighted by atomic mass is 9.83. The van der Waals surface area contributed by atoms with Crippen LogP contribution in [0.1, 0.15) is 31.2 Å². The van der Waals surface area contributed by atoms with Crippen LogP contribution in [0.25, 0.3) is 0 Å². The van der Waals surface area contributed by atoms with E-state index in [1.54, 1.807) is 0 Å².